The van der Waals surface area contributed by atoms with E-state index in [0.29, 0.717) is 11.4 Å². The summed E-state index contributed by atoms with van der Waals surface area (Å²) in [7, 11) is 0. The first kappa shape index (κ1) is 31.6. The first-order valence-electron chi connectivity index (χ1n) is 18.2. The minimum absolute atomic E-state index is 0.716. The Balaban J connectivity index is 1.33. The van der Waals surface area contributed by atoms with Crippen molar-refractivity contribution in [2.45, 2.75) is 20.8 Å². The third kappa shape index (κ3) is 5.04. The quantitative estimate of drug-likeness (QED) is 0.173. The van der Waals surface area contributed by atoms with Crippen LogP contribution in [0.3, 0.4) is 0 Å². The van der Waals surface area contributed by atoms with E-state index in [-0.39, 0.29) is 0 Å². The third-order valence-corrected chi connectivity index (χ3v) is 10.3. The number of rotatable bonds is 6. The fourth-order valence-corrected chi connectivity index (χ4v) is 7.68. The maximum atomic E-state index is 5.49. The van der Waals surface area contributed by atoms with Gasteiger partial charge in [0.2, 0.25) is 0 Å². The average molecular weight is 698 g/mol. The molecule has 0 spiro atoms. The van der Waals surface area contributed by atoms with E-state index >= 15 is 0 Å². The molecule has 0 bridgehead atoms. The van der Waals surface area contributed by atoms with Crippen LogP contribution in [0.4, 0.5) is 0 Å². The summed E-state index contributed by atoms with van der Waals surface area (Å²) in [6.07, 6.45) is 0. The van der Waals surface area contributed by atoms with Crippen LogP contribution >= 0.6 is 0 Å². The Kier molecular flexibility index (Phi) is 7.33. The van der Waals surface area contributed by atoms with Gasteiger partial charge in [-0.3, -0.25) is 13.7 Å². The SMILES string of the molecule is Cc1ccccc1-n1c(-c2cc(-c3nc4ccccc4n3-c3ccccc3C)nc(-c3nc4ccccc4n3-c3ccccc3C)c2)nc2ccccc21. The van der Waals surface area contributed by atoms with Crippen LogP contribution in [0.1, 0.15) is 16.7 Å². The zero-order valence-electron chi connectivity index (χ0n) is 30.1. The molecule has 0 unspecified atom stereocenters. The molecule has 6 aromatic carbocycles. The smallest absolute Gasteiger partial charge is 0.164 e. The lowest BCUT2D eigenvalue weighted by Gasteiger charge is -2.16. The van der Waals surface area contributed by atoms with Crippen molar-refractivity contribution in [3.63, 3.8) is 0 Å². The molecule has 0 saturated carbocycles. The van der Waals surface area contributed by atoms with Gasteiger partial charge in [0.15, 0.2) is 11.6 Å². The Morgan fingerprint density at radius 2 is 0.648 bits per heavy atom. The van der Waals surface area contributed by atoms with Crippen molar-refractivity contribution < 1.29 is 0 Å². The minimum Gasteiger partial charge on any atom is -0.292 e. The lowest BCUT2D eigenvalue weighted by atomic mass is 10.1. The molecule has 0 amide bonds. The lowest BCUT2D eigenvalue weighted by molar-refractivity contribution is 1.04. The Morgan fingerprint density at radius 3 is 1.04 bits per heavy atom. The summed E-state index contributed by atoms with van der Waals surface area (Å²) in [5.74, 6) is 2.30. The van der Waals surface area contributed by atoms with Gasteiger partial charge < -0.3 is 0 Å². The summed E-state index contributed by atoms with van der Waals surface area (Å²) in [4.78, 5) is 21.4. The highest BCUT2D eigenvalue weighted by Crippen LogP contribution is 2.38. The van der Waals surface area contributed by atoms with Crippen molar-refractivity contribution >= 4 is 33.1 Å². The molecule has 54 heavy (non-hydrogen) atoms. The van der Waals surface area contributed by atoms with Gasteiger partial charge in [0.1, 0.15) is 17.2 Å². The number of para-hydroxylation sites is 9. The van der Waals surface area contributed by atoms with E-state index in [1.54, 1.807) is 0 Å². The first-order chi connectivity index (χ1) is 26.5. The molecule has 10 rings (SSSR count). The average Bonchev–Trinajstić information content (AvgIpc) is 3.91. The number of nitrogens with zero attached hydrogens (tertiary/aromatic N) is 7. The van der Waals surface area contributed by atoms with Crippen molar-refractivity contribution in [1.82, 2.24) is 33.6 Å². The lowest BCUT2D eigenvalue weighted by Crippen LogP contribution is -2.05. The van der Waals surface area contributed by atoms with E-state index in [1.165, 1.54) is 0 Å². The molecule has 0 aliphatic carbocycles. The van der Waals surface area contributed by atoms with Crippen LogP contribution in [-0.2, 0) is 0 Å². The van der Waals surface area contributed by atoms with Gasteiger partial charge in [0.25, 0.3) is 0 Å². The van der Waals surface area contributed by atoms with Crippen molar-refractivity contribution in [2.75, 3.05) is 0 Å². The number of fused-ring (bicyclic) bond motifs is 3. The van der Waals surface area contributed by atoms with Gasteiger partial charge in [-0.25, -0.2) is 19.9 Å². The highest BCUT2D eigenvalue weighted by atomic mass is 15.1. The molecule has 0 aliphatic rings. The summed E-state index contributed by atoms with van der Waals surface area (Å²) in [5.41, 5.74) is 14.7. The second kappa shape index (κ2) is 12.5. The third-order valence-electron chi connectivity index (χ3n) is 10.3. The number of hydrogen-bond donors (Lipinski definition) is 0. The standard InChI is InChI=1S/C47H35N7/c1-30-16-4-10-22-39(30)52-42-25-13-7-19-34(42)49-45(52)33-28-37(46-50-35-20-8-14-26-43(35)53(46)40-23-11-5-17-31(40)2)48-38(29-33)47-51-36-21-9-15-27-44(36)54(47)41-24-12-6-18-32(41)3/h4-29H,1-3H3. The fourth-order valence-electron chi connectivity index (χ4n) is 7.68. The zero-order valence-corrected chi connectivity index (χ0v) is 30.1. The van der Waals surface area contributed by atoms with Crippen LogP contribution in [0.2, 0.25) is 0 Å². The molecule has 4 heterocycles. The van der Waals surface area contributed by atoms with Gasteiger partial charge in [0, 0.05) is 5.56 Å². The van der Waals surface area contributed by atoms with E-state index in [4.69, 9.17) is 19.9 Å². The largest absolute Gasteiger partial charge is 0.292 e. The van der Waals surface area contributed by atoms with Gasteiger partial charge in [0.05, 0.1) is 50.2 Å². The molecule has 0 N–H and O–H groups in total. The van der Waals surface area contributed by atoms with Gasteiger partial charge in [-0.1, -0.05) is 91.0 Å². The summed E-state index contributed by atoms with van der Waals surface area (Å²) in [6, 6.07) is 54.5. The van der Waals surface area contributed by atoms with E-state index in [1.807, 2.05) is 18.2 Å². The predicted molar refractivity (Wildman–Crippen MR) is 219 cm³/mol. The van der Waals surface area contributed by atoms with Crippen LogP contribution in [0, 0.1) is 20.8 Å². The van der Waals surface area contributed by atoms with E-state index in [0.717, 1.165) is 89.9 Å². The molecular weight excluding hydrogens is 663 g/mol. The molecular formula is C47H35N7. The number of pyridine rings is 1. The molecule has 7 nitrogen and oxygen atoms in total. The fraction of sp³-hybridized carbons (Fsp3) is 0.0638. The minimum atomic E-state index is 0.716. The summed E-state index contributed by atoms with van der Waals surface area (Å²) >= 11 is 0. The summed E-state index contributed by atoms with van der Waals surface area (Å²) in [5, 5.41) is 0. The van der Waals surface area contributed by atoms with E-state index in [9.17, 15) is 0 Å². The number of aryl methyl sites for hydroxylation is 3. The summed E-state index contributed by atoms with van der Waals surface area (Å²) in [6.45, 7) is 6.42. The van der Waals surface area contributed by atoms with Crippen LogP contribution in [0.5, 0.6) is 0 Å². The molecule has 0 aliphatic heterocycles. The Hall–Kier alpha value is -7.12. The van der Waals surface area contributed by atoms with Gasteiger partial charge in [-0.15, -0.1) is 0 Å². The molecule has 0 fully saturated rings. The molecule has 0 radical (unpaired) electrons. The maximum Gasteiger partial charge on any atom is 0.164 e. The molecule has 10 aromatic rings. The topological polar surface area (TPSA) is 66.3 Å². The number of hydrogen-bond acceptors (Lipinski definition) is 4. The van der Waals surface area contributed by atoms with Gasteiger partial charge >= 0.3 is 0 Å². The first-order valence-corrected chi connectivity index (χ1v) is 18.2. The van der Waals surface area contributed by atoms with Crippen molar-refractivity contribution in [2.24, 2.45) is 0 Å². The molecule has 258 valence electrons. The zero-order chi connectivity index (χ0) is 36.3. The van der Waals surface area contributed by atoms with Crippen LogP contribution in [0.25, 0.3) is 84.6 Å². The number of benzene rings is 6. The molecule has 7 heteroatoms. The second-order valence-electron chi connectivity index (χ2n) is 13.8. The van der Waals surface area contributed by atoms with Gasteiger partial charge in [-0.2, -0.15) is 0 Å². The maximum absolute atomic E-state index is 5.49. The molecule has 4 aromatic heterocycles. The number of aromatic nitrogens is 7. The van der Waals surface area contributed by atoms with Crippen molar-refractivity contribution in [3.05, 3.63) is 174 Å². The van der Waals surface area contributed by atoms with Crippen molar-refractivity contribution in [1.29, 1.82) is 0 Å². The second-order valence-corrected chi connectivity index (χ2v) is 13.8. The monoisotopic (exact) mass is 697 g/mol. The highest BCUT2D eigenvalue weighted by molar-refractivity contribution is 5.88. The highest BCUT2D eigenvalue weighted by Gasteiger charge is 2.24. The van der Waals surface area contributed by atoms with Gasteiger partial charge in [-0.05, 0) is 104 Å². The van der Waals surface area contributed by atoms with Crippen LogP contribution < -0.4 is 0 Å². The molecule has 0 saturated heterocycles. The molecule has 0 atom stereocenters. The van der Waals surface area contributed by atoms with Crippen LogP contribution in [0.15, 0.2) is 158 Å². The number of imidazole rings is 3. The normalized spacial score (nSPS) is 11.6. The Labute approximate surface area is 312 Å². The van der Waals surface area contributed by atoms with Crippen molar-refractivity contribution in [3.8, 4) is 51.5 Å². The summed E-state index contributed by atoms with van der Waals surface area (Å²) < 4.78 is 6.73. The predicted octanol–water partition coefficient (Wildman–Crippen LogP) is 11.0. The van der Waals surface area contributed by atoms with E-state index < -0.39 is 0 Å². The Morgan fingerprint density at radius 1 is 0.333 bits per heavy atom. The Bertz CT molecular complexity index is 2710. The van der Waals surface area contributed by atoms with E-state index in [2.05, 4.69) is 174 Å². The van der Waals surface area contributed by atoms with Crippen LogP contribution in [-0.4, -0.2) is 33.6 Å².